The molecule has 1 aromatic carbocycles. The number of halogens is 4. The Bertz CT molecular complexity index is 2300. The third-order valence-corrected chi connectivity index (χ3v) is 13.1. The zero-order chi connectivity index (χ0) is 57.3. The highest BCUT2D eigenvalue weighted by molar-refractivity contribution is 7.85. The molecule has 0 unspecified atom stereocenters. The van der Waals surface area contributed by atoms with E-state index in [2.05, 4.69) is 14.6 Å². The number of aliphatic imine (C=N–C) groups is 1. The summed E-state index contributed by atoms with van der Waals surface area (Å²) in [5.74, 6) is -12.4. The molecule has 3 heterocycles. The number of amides is 2. The summed E-state index contributed by atoms with van der Waals surface area (Å²) in [6.45, 7) is 14.4. The van der Waals surface area contributed by atoms with Gasteiger partial charge < -0.3 is 62.7 Å². The summed E-state index contributed by atoms with van der Waals surface area (Å²) in [6, 6.07) is 2.04. The normalized spacial score (nSPS) is 14.2. The van der Waals surface area contributed by atoms with Crippen LogP contribution in [0.15, 0.2) is 21.5 Å². The molecule has 0 bridgehead atoms. The second-order valence-corrected chi connectivity index (χ2v) is 19.8. The molecule has 448 valence electrons. The average molecular weight is 1170 g/mol. The van der Waals surface area contributed by atoms with E-state index in [4.69, 9.17) is 62.5 Å². The van der Waals surface area contributed by atoms with Crippen LogP contribution in [0.4, 0.5) is 23.2 Å². The minimum atomic E-state index is -5.65. The zero-order valence-corrected chi connectivity index (χ0v) is 46.5. The first-order chi connectivity index (χ1) is 38.1. The Hall–Kier alpha value is -4.31. The standard InChI is InChI=1S/C50H75F4N5O18S2/c1-3-8-59(76-4-2)50(62)37-33-40-39(56-41(55)34-37)35-38(78-40)36-57-9-5-10-58(12-11-57)42(60)6-13-66-15-17-68-19-21-70-23-25-72-27-29-74-31-32-75-30-28-73-26-24-71-22-20-69-18-16-67-14-7-43(61)77-48-44(51)46(53)49(79(63,64)65)47(54)45(48)52/h33,35H,3-32,34,36H2,1-2H3,(H2,55,56)(H,63,64,65). The third kappa shape index (κ3) is 25.6. The van der Waals surface area contributed by atoms with Crippen LogP contribution in [-0.4, -0.2) is 223 Å². The van der Waals surface area contributed by atoms with Crippen LogP contribution in [0.5, 0.6) is 5.75 Å². The van der Waals surface area contributed by atoms with Gasteiger partial charge in [-0.2, -0.15) is 17.2 Å². The van der Waals surface area contributed by atoms with Crippen molar-refractivity contribution in [2.45, 2.75) is 57.4 Å². The van der Waals surface area contributed by atoms with Crippen molar-refractivity contribution in [2.75, 3.05) is 171 Å². The monoisotopic (exact) mass is 1170 g/mol. The summed E-state index contributed by atoms with van der Waals surface area (Å²) in [5.41, 5.74) is 7.56. The number of amidine groups is 1. The van der Waals surface area contributed by atoms with Gasteiger partial charge in [0.2, 0.25) is 23.3 Å². The number of fused-ring (bicyclic) bond motifs is 1. The number of thiophene rings is 1. The van der Waals surface area contributed by atoms with Gasteiger partial charge >= 0.3 is 16.1 Å². The molecule has 2 amide bonds. The molecular formula is C50H75F4N5O18S2. The molecule has 1 fully saturated rings. The first kappa shape index (κ1) is 67.2. The summed E-state index contributed by atoms with van der Waals surface area (Å²) < 4.78 is 145. The maximum absolute atomic E-state index is 14.0. The Kier molecular flexibility index (Phi) is 32.7. The number of nitrogens with two attached hydrogens (primary N) is 1. The molecule has 3 N–H and O–H groups in total. The number of carbonyl (C=O) groups is 3. The molecule has 2 aliphatic rings. The number of esters is 1. The summed E-state index contributed by atoms with van der Waals surface area (Å²) in [4.78, 5) is 52.3. The number of hydroxylamine groups is 2. The highest BCUT2D eigenvalue weighted by Crippen LogP contribution is 2.36. The Morgan fingerprint density at radius 1 is 0.671 bits per heavy atom. The van der Waals surface area contributed by atoms with E-state index in [9.17, 15) is 40.4 Å². The highest BCUT2D eigenvalue weighted by atomic mass is 32.2. The van der Waals surface area contributed by atoms with E-state index >= 15 is 0 Å². The fraction of sp³-hybridized carbons (Fsp3) is 0.680. The topological polar surface area (TPSA) is 264 Å². The van der Waals surface area contributed by atoms with Crippen molar-refractivity contribution in [2.24, 2.45) is 10.7 Å². The SMILES string of the molecule is CCCN(OCC)C(=O)C1=Cc2sc(CN3CCCN(C(=O)CCOCCOCCOCCOCCOCCOCCOCCOCCOCCOCCC(=O)Oc4c(F)c(F)c(S(=O)(=O)O)c(F)c4F)CC3)cc2N=C(N)C1. The molecule has 4 rings (SSSR count). The minimum absolute atomic E-state index is 0.0192. The van der Waals surface area contributed by atoms with Crippen molar-refractivity contribution >= 4 is 56.8 Å². The first-order valence-electron chi connectivity index (χ1n) is 26.1. The maximum Gasteiger partial charge on any atom is 0.313 e. The molecule has 1 saturated heterocycles. The van der Waals surface area contributed by atoms with Gasteiger partial charge in [-0.3, -0.25) is 28.7 Å². The number of carbonyl (C=O) groups excluding carboxylic acids is 3. The first-order valence-corrected chi connectivity index (χ1v) is 28.3. The van der Waals surface area contributed by atoms with E-state index in [0.29, 0.717) is 150 Å². The minimum Gasteiger partial charge on any atom is -0.420 e. The van der Waals surface area contributed by atoms with Crippen LogP contribution in [0.3, 0.4) is 0 Å². The van der Waals surface area contributed by atoms with Gasteiger partial charge in [0, 0.05) is 56.1 Å². The van der Waals surface area contributed by atoms with Gasteiger partial charge in [-0.25, -0.2) is 18.8 Å². The van der Waals surface area contributed by atoms with Crippen molar-refractivity contribution in [3.63, 3.8) is 0 Å². The summed E-state index contributed by atoms with van der Waals surface area (Å²) in [6.07, 6.45) is 3.51. The molecule has 79 heavy (non-hydrogen) atoms. The van der Waals surface area contributed by atoms with E-state index in [1.807, 2.05) is 30.9 Å². The van der Waals surface area contributed by atoms with Crippen LogP contribution in [0, 0.1) is 23.3 Å². The molecule has 1 aromatic heterocycles. The van der Waals surface area contributed by atoms with Crippen LogP contribution in [-0.2, 0) is 83.3 Å². The smallest absolute Gasteiger partial charge is 0.313 e. The van der Waals surface area contributed by atoms with Crippen molar-refractivity contribution in [3.8, 4) is 5.75 Å². The van der Waals surface area contributed by atoms with Gasteiger partial charge in [-0.05, 0) is 31.9 Å². The molecule has 23 nitrogen and oxygen atoms in total. The van der Waals surface area contributed by atoms with Gasteiger partial charge in [0.25, 0.3) is 5.91 Å². The van der Waals surface area contributed by atoms with Gasteiger partial charge in [0.1, 0.15) is 5.84 Å². The van der Waals surface area contributed by atoms with E-state index < -0.39 is 56.4 Å². The fourth-order valence-electron chi connectivity index (χ4n) is 7.42. The lowest BCUT2D eigenvalue weighted by Gasteiger charge is -2.22. The lowest BCUT2D eigenvalue weighted by molar-refractivity contribution is -0.180. The third-order valence-electron chi connectivity index (χ3n) is 11.2. The molecule has 0 aliphatic carbocycles. The lowest BCUT2D eigenvalue weighted by atomic mass is 10.1. The van der Waals surface area contributed by atoms with Crippen LogP contribution in [0.2, 0.25) is 0 Å². The summed E-state index contributed by atoms with van der Waals surface area (Å²) >= 11 is 1.60. The number of rotatable bonds is 42. The number of ether oxygens (including phenoxy) is 11. The predicted octanol–water partition coefficient (Wildman–Crippen LogP) is 4.10. The Morgan fingerprint density at radius 3 is 1.59 bits per heavy atom. The second-order valence-electron chi connectivity index (χ2n) is 17.2. The van der Waals surface area contributed by atoms with Crippen molar-refractivity contribution in [1.29, 1.82) is 0 Å². The molecule has 0 spiro atoms. The van der Waals surface area contributed by atoms with Crippen LogP contribution in [0.25, 0.3) is 6.08 Å². The van der Waals surface area contributed by atoms with Crippen molar-refractivity contribution in [3.05, 3.63) is 44.7 Å². The summed E-state index contributed by atoms with van der Waals surface area (Å²) in [5, 5.41) is 1.41. The largest absolute Gasteiger partial charge is 0.420 e. The lowest BCUT2D eigenvalue weighted by Crippen LogP contribution is -2.35. The fourth-order valence-corrected chi connectivity index (χ4v) is 9.16. The van der Waals surface area contributed by atoms with Crippen molar-refractivity contribution < 1.29 is 102 Å². The highest BCUT2D eigenvalue weighted by Gasteiger charge is 2.34. The van der Waals surface area contributed by atoms with Gasteiger partial charge in [-0.15, -0.1) is 11.3 Å². The Morgan fingerprint density at radius 2 is 1.14 bits per heavy atom. The Balaban J connectivity index is 0.854. The van der Waals surface area contributed by atoms with Gasteiger partial charge in [0.15, 0.2) is 16.5 Å². The zero-order valence-electron chi connectivity index (χ0n) is 44.9. The number of hydrogen-bond donors (Lipinski definition) is 2. The van der Waals surface area contributed by atoms with Crippen LogP contribution >= 0.6 is 11.3 Å². The van der Waals surface area contributed by atoms with Gasteiger partial charge in [-0.1, -0.05) is 6.92 Å². The number of hydrogen-bond acceptors (Lipinski definition) is 21. The second kappa shape index (κ2) is 38.4. The predicted molar refractivity (Wildman–Crippen MR) is 277 cm³/mol. The molecule has 0 radical (unpaired) electrons. The van der Waals surface area contributed by atoms with Crippen LogP contribution in [0.1, 0.15) is 55.7 Å². The molecule has 2 aliphatic heterocycles. The molecule has 29 heteroatoms. The molecule has 0 atom stereocenters. The van der Waals surface area contributed by atoms with Gasteiger partial charge in [0.05, 0.1) is 162 Å². The molecular weight excluding hydrogens is 1100 g/mol. The molecule has 2 aromatic rings. The maximum atomic E-state index is 14.0. The van der Waals surface area contributed by atoms with E-state index in [1.54, 1.807) is 11.3 Å². The molecule has 0 saturated carbocycles. The van der Waals surface area contributed by atoms with Crippen molar-refractivity contribution in [1.82, 2.24) is 14.9 Å². The quantitative estimate of drug-likeness (QED) is 0.0180. The number of benzene rings is 1. The van der Waals surface area contributed by atoms with Crippen LogP contribution < -0.4 is 10.5 Å². The number of nitrogens with zero attached hydrogens (tertiary/aromatic N) is 4. The van der Waals surface area contributed by atoms with E-state index in [1.165, 1.54) is 5.06 Å². The average Bonchev–Trinajstić information content (AvgIpc) is 3.64. The van der Waals surface area contributed by atoms with E-state index in [-0.39, 0.29) is 51.3 Å². The Labute approximate surface area is 462 Å². The summed E-state index contributed by atoms with van der Waals surface area (Å²) in [7, 11) is -5.65. The van der Waals surface area contributed by atoms with E-state index in [0.717, 1.165) is 41.4 Å².